The smallest absolute Gasteiger partial charge is 0.300 e. The van der Waals surface area contributed by atoms with E-state index in [0.29, 0.717) is 18.5 Å². The van der Waals surface area contributed by atoms with Crippen LogP contribution in [0.1, 0.15) is 47.2 Å². The van der Waals surface area contributed by atoms with E-state index in [1.165, 1.54) is 7.11 Å². The molecule has 0 aromatic heterocycles. The molecule has 0 heterocycles. The van der Waals surface area contributed by atoms with Gasteiger partial charge in [0.2, 0.25) is 0 Å². The van der Waals surface area contributed by atoms with Gasteiger partial charge in [-0.25, -0.2) is 0 Å². The first-order chi connectivity index (χ1) is 13.8. The number of phenolic OH excluding ortho intramolecular Hbond substituents is 1. The van der Waals surface area contributed by atoms with Gasteiger partial charge in [0.1, 0.15) is 16.4 Å². The summed E-state index contributed by atoms with van der Waals surface area (Å²) in [4.78, 5) is 12.5. The van der Waals surface area contributed by atoms with Gasteiger partial charge in [0.25, 0.3) is 0 Å². The van der Waals surface area contributed by atoms with E-state index in [1.807, 2.05) is 6.92 Å². The molecule has 3 N–H and O–H groups in total. The van der Waals surface area contributed by atoms with Crippen LogP contribution in [0.3, 0.4) is 0 Å². The lowest BCUT2D eigenvalue weighted by atomic mass is 10.0. The number of aryl methyl sites for hydroxylation is 1. The van der Waals surface area contributed by atoms with Crippen LogP contribution in [0.15, 0.2) is 41.3 Å². The van der Waals surface area contributed by atoms with Crippen LogP contribution < -0.4 is 10.5 Å². The molecule has 0 amide bonds. The Morgan fingerprint density at radius 1 is 1.07 bits per heavy atom. The fourth-order valence-corrected chi connectivity index (χ4v) is 3.89. The highest BCUT2D eigenvalue weighted by atomic mass is 32.2. The van der Waals surface area contributed by atoms with Crippen molar-refractivity contribution in [2.24, 2.45) is 5.73 Å². The van der Waals surface area contributed by atoms with Crippen molar-refractivity contribution in [2.45, 2.75) is 37.5 Å². The van der Waals surface area contributed by atoms with E-state index in [9.17, 15) is 18.3 Å². The second kappa shape index (κ2) is 10.4. The van der Waals surface area contributed by atoms with Crippen molar-refractivity contribution in [3.8, 4) is 11.5 Å². The predicted octanol–water partition coefficient (Wildman–Crippen LogP) is 3.16. The Kier molecular flexibility index (Phi) is 8.19. The van der Waals surface area contributed by atoms with Crippen LogP contribution in [-0.2, 0) is 14.3 Å². The molecule has 2 aromatic rings. The third-order valence-corrected chi connectivity index (χ3v) is 5.78. The Labute approximate surface area is 171 Å². The van der Waals surface area contributed by atoms with Gasteiger partial charge in [-0.2, -0.15) is 8.42 Å². The van der Waals surface area contributed by atoms with E-state index in [1.54, 1.807) is 24.3 Å². The maximum absolute atomic E-state index is 12.8. The van der Waals surface area contributed by atoms with Crippen molar-refractivity contribution < 1.29 is 27.2 Å². The zero-order valence-corrected chi connectivity index (χ0v) is 17.5. The number of benzene rings is 2. The lowest BCUT2D eigenvalue weighted by Gasteiger charge is -2.13. The molecule has 0 fully saturated rings. The number of hydrogen-bond donors (Lipinski definition) is 2. The van der Waals surface area contributed by atoms with Crippen molar-refractivity contribution >= 4 is 15.9 Å². The average molecular weight is 422 g/mol. The quantitative estimate of drug-likeness (QED) is 0.325. The van der Waals surface area contributed by atoms with Gasteiger partial charge in [-0.15, -0.1) is 0 Å². The molecule has 0 saturated heterocycles. The van der Waals surface area contributed by atoms with Crippen molar-refractivity contribution in [3.63, 3.8) is 0 Å². The first kappa shape index (κ1) is 22.9. The number of nitrogens with two attached hydrogens (primary N) is 1. The largest absolute Gasteiger partial charge is 0.507 e. The number of carbonyl (C=O) groups is 1. The third kappa shape index (κ3) is 6.03. The maximum Gasteiger partial charge on any atom is 0.300 e. The predicted molar refractivity (Wildman–Crippen MR) is 110 cm³/mol. The molecule has 0 aliphatic heterocycles. The van der Waals surface area contributed by atoms with Crippen molar-refractivity contribution in [1.29, 1.82) is 0 Å². The number of rotatable bonds is 11. The van der Waals surface area contributed by atoms with Crippen LogP contribution in [0.25, 0.3) is 0 Å². The Morgan fingerprint density at radius 3 is 2.34 bits per heavy atom. The molecule has 2 aromatic carbocycles. The molecule has 7 nitrogen and oxygen atoms in total. The van der Waals surface area contributed by atoms with Crippen LogP contribution in [0.2, 0.25) is 0 Å². The molecule has 0 aliphatic rings. The SMILES string of the molecule is COc1cc(O)c(C(=O)c2ccc(C)cc2)cc1S(=O)(=O)OCCCCCCN. The summed E-state index contributed by atoms with van der Waals surface area (Å²) in [5.74, 6) is -0.956. The third-order valence-electron chi connectivity index (χ3n) is 4.45. The number of unbranched alkanes of at least 4 members (excludes halogenated alkanes) is 3. The summed E-state index contributed by atoms with van der Waals surface area (Å²) in [6.45, 7) is 2.50. The first-order valence-electron chi connectivity index (χ1n) is 9.42. The van der Waals surface area contributed by atoms with Gasteiger partial charge < -0.3 is 15.6 Å². The molecule has 2 rings (SSSR count). The summed E-state index contributed by atoms with van der Waals surface area (Å²) < 4.78 is 35.5. The number of methoxy groups -OCH3 is 1. The molecule has 0 bridgehead atoms. The summed E-state index contributed by atoms with van der Waals surface area (Å²) in [6, 6.07) is 8.97. The van der Waals surface area contributed by atoms with Crippen molar-refractivity contribution in [3.05, 3.63) is 53.1 Å². The monoisotopic (exact) mass is 421 g/mol. The van der Waals surface area contributed by atoms with Crippen LogP contribution in [0, 0.1) is 6.92 Å². The van der Waals surface area contributed by atoms with Gasteiger partial charge in [0, 0.05) is 11.6 Å². The molecule has 0 spiro atoms. The van der Waals surface area contributed by atoms with Gasteiger partial charge in [0.15, 0.2) is 5.78 Å². The minimum absolute atomic E-state index is 0.0121. The molecule has 0 radical (unpaired) electrons. The average Bonchev–Trinajstić information content (AvgIpc) is 2.70. The van der Waals surface area contributed by atoms with Crippen molar-refractivity contribution in [1.82, 2.24) is 0 Å². The van der Waals surface area contributed by atoms with Crippen LogP contribution in [0.4, 0.5) is 0 Å². The topological polar surface area (TPSA) is 116 Å². The standard InChI is InChI=1S/C21H27NO6S/c1-15-7-9-16(10-8-15)21(24)17-13-20(19(27-2)14-18(17)23)29(25,26)28-12-6-4-3-5-11-22/h7-10,13-14,23H,3-6,11-12,22H2,1-2H3. The minimum atomic E-state index is -4.17. The molecule has 0 aliphatic carbocycles. The highest BCUT2D eigenvalue weighted by Gasteiger charge is 2.25. The summed E-state index contributed by atoms with van der Waals surface area (Å²) in [6.07, 6.45) is 3.14. The number of carbonyl (C=O) groups excluding carboxylic acids is 1. The first-order valence-corrected chi connectivity index (χ1v) is 10.8. The van der Waals surface area contributed by atoms with E-state index >= 15 is 0 Å². The molecule has 0 atom stereocenters. The van der Waals surface area contributed by atoms with Gasteiger partial charge in [0.05, 0.1) is 19.3 Å². The number of hydrogen-bond acceptors (Lipinski definition) is 7. The Hall–Kier alpha value is -2.42. The fraction of sp³-hybridized carbons (Fsp3) is 0.381. The summed E-state index contributed by atoms with van der Waals surface area (Å²) in [5.41, 5.74) is 6.60. The number of ketones is 1. The Balaban J connectivity index is 2.27. The number of ether oxygens (including phenoxy) is 1. The zero-order chi connectivity index (χ0) is 21.4. The van der Waals surface area contributed by atoms with Crippen molar-refractivity contribution in [2.75, 3.05) is 20.3 Å². The summed E-state index contributed by atoms with van der Waals surface area (Å²) in [7, 11) is -2.89. The summed E-state index contributed by atoms with van der Waals surface area (Å²) in [5, 5.41) is 10.2. The van der Waals surface area contributed by atoms with Gasteiger partial charge in [-0.05, 0) is 32.4 Å². The van der Waals surface area contributed by atoms with Gasteiger partial charge in [-0.3, -0.25) is 8.98 Å². The zero-order valence-electron chi connectivity index (χ0n) is 16.7. The molecule has 0 unspecified atom stereocenters. The van der Waals surface area contributed by atoms with Crippen LogP contribution >= 0.6 is 0 Å². The number of aromatic hydroxyl groups is 1. The summed E-state index contributed by atoms with van der Waals surface area (Å²) >= 11 is 0. The van der Waals surface area contributed by atoms with Gasteiger partial charge in [-0.1, -0.05) is 42.7 Å². The molecule has 0 saturated carbocycles. The van der Waals surface area contributed by atoms with E-state index in [2.05, 4.69) is 0 Å². The maximum atomic E-state index is 12.8. The molecule has 8 heteroatoms. The Bertz CT molecular complexity index is 938. The molecule has 29 heavy (non-hydrogen) atoms. The normalized spacial score (nSPS) is 11.4. The highest BCUT2D eigenvalue weighted by molar-refractivity contribution is 7.86. The van der Waals surface area contributed by atoms with Gasteiger partial charge >= 0.3 is 10.1 Å². The molecular formula is C21H27NO6S. The lowest BCUT2D eigenvalue weighted by molar-refractivity contribution is 0.103. The molecular weight excluding hydrogens is 394 g/mol. The van der Waals surface area contributed by atoms with Crippen LogP contribution in [0.5, 0.6) is 11.5 Å². The minimum Gasteiger partial charge on any atom is -0.507 e. The van der Waals surface area contributed by atoms with E-state index < -0.39 is 15.9 Å². The molecule has 158 valence electrons. The lowest BCUT2D eigenvalue weighted by Crippen LogP contribution is -2.11. The number of phenols is 1. The highest BCUT2D eigenvalue weighted by Crippen LogP contribution is 2.34. The fourth-order valence-electron chi connectivity index (χ4n) is 2.78. The van der Waals surface area contributed by atoms with E-state index in [-0.39, 0.29) is 28.6 Å². The second-order valence-corrected chi connectivity index (χ2v) is 8.28. The van der Waals surface area contributed by atoms with Crippen LogP contribution in [-0.4, -0.2) is 39.6 Å². The van der Waals surface area contributed by atoms with E-state index in [4.69, 9.17) is 14.7 Å². The Morgan fingerprint density at radius 2 is 1.72 bits per heavy atom. The van der Waals surface area contributed by atoms with E-state index in [0.717, 1.165) is 37.0 Å². The second-order valence-electron chi connectivity index (χ2n) is 6.69.